The Kier molecular flexibility index (Phi) is 3.81. The highest BCUT2D eigenvalue weighted by Gasteiger charge is 2.17. The summed E-state index contributed by atoms with van der Waals surface area (Å²) in [6, 6.07) is 7.62. The molecule has 0 radical (unpaired) electrons. The molecule has 2 rings (SSSR count). The number of carbonyl (C=O) groups is 1. The van der Waals surface area contributed by atoms with Crippen molar-refractivity contribution in [2.24, 2.45) is 0 Å². The van der Waals surface area contributed by atoms with Gasteiger partial charge in [0.25, 0.3) is 0 Å². The molecular weight excluding hydrogens is 283 g/mol. The third-order valence-corrected chi connectivity index (χ3v) is 3.26. The molecule has 0 saturated carbocycles. The molecule has 0 amide bonds. The fourth-order valence-electron chi connectivity index (χ4n) is 1.75. The topological polar surface area (TPSA) is 75.3 Å². The zero-order valence-electron chi connectivity index (χ0n) is 10.6. The van der Waals surface area contributed by atoms with Crippen molar-refractivity contribution in [1.29, 1.82) is 0 Å². The van der Waals surface area contributed by atoms with E-state index in [0.29, 0.717) is 10.7 Å². The molecule has 0 aliphatic rings. The lowest BCUT2D eigenvalue weighted by atomic mass is 10.1. The van der Waals surface area contributed by atoms with Gasteiger partial charge in [0.2, 0.25) is 0 Å². The summed E-state index contributed by atoms with van der Waals surface area (Å²) in [6.45, 7) is 1.85. The van der Waals surface area contributed by atoms with Crippen molar-refractivity contribution >= 4 is 34.6 Å². The Bertz CT molecular complexity index is 689. The predicted molar refractivity (Wildman–Crippen MR) is 77.2 cm³/mol. The Morgan fingerprint density at radius 2 is 2.05 bits per heavy atom. The standard InChI is InChI=1S/C14H12ClFN2O2/c1-7-2-3-8(6-9(7)15)18-11-5-4-10(16)13(17)12(11)14(19)20/h2-6,18H,17H2,1H3,(H,19,20). The van der Waals surface area contributed by atoms with E-state index < -0.39 is 17.5 Å². The maximum absolute atomic E-state index is 13.3. The number of anilines is 3. The summed E-state index contributed by atoms with van der Waals surface area (Å²) >= 11 is 6.00. The minimum atomic E-state index is -1.30. The Labute approximate surface area is 120 Å². The van der Waals surface area contributed by atoms with Crippen LogP contribution in [0.5, 0.6) is 0 Å². The minimum absolute atomic E-state index is 0.205. The second-order valence-electron chi connectivity index (χ2n) is 4.28. The highest BCUT2D eigenvalue weighted by molar-refractivity contribution is 6.31. The SMILES string of the molecule is Cc1ccc(Nc2ccc(F)c(N)c2C(=O)O)cc1Cl. The van der Waals surface area contributed by atoms with Crippen molar-refractivity contribution in [2.75, 3.05) is 11.1 Å². The van der Waals surface area contributed by atoms with Crippen molar-refractivity contribution in [2.45, 2.75) is 6.92 Å². The number of carboxylic acids is 1. The van der Waals surface area contributed by atoms with E-state index in [4.69, 9.17) is 22.4 Å². The van der Waals surface area contributed by atoms with E-state index in [1.807, 2.05) is 6.92 Å². The van der Waals surface area contributed by atoms with Gasteiger partial charge in [0, 0.05) is 10.7 Å². The molecule has 0 unspecified atom stereocenters. The fourth-order valence-corrected chi connectivity index (χ4v) is 1.94. The van der Waals surface area contributed by atoms with E-state index in [-0.39, 0.29) is 11.3 Å². The zero-order chi connectivity index (χ0) is 14.9. The number of nitrogens with one attached hydrogen (secondary N) is 1. The Morgan fingerprint density at radius 1 is 1.35 bits per heavy atom. The number of hydrogen-bond donors (Lipinski definition) is 3. The molecule has 0 aliphatic carbocycles. The Hall–Kier alpha value is -2.27. The zero-order valence-corrected chi connectivity index (χ0v) is 11.3. The van der Waals surface area contributed by atoms with Gasteiger partial charge >= 0.3 is 5.97 Å². The molecule has 0 spiro atoms. The van der Waals surface area contributed by atoms with Gasteiger partial charge < -0.3 is 16.2 Å². The quantitative estimate of drug-likeness (QED) is 0.752. The van der Waals surface area contributed by atoms with Crippen molar-refractivity contribution in [3.63, 3.8) is 0 Å². The van der Waals surface area contributed by atoms with Gasteiger partial charge in [-0.3, -0.25) is 0 Å². The molecule has 0 atom stereocenters. The molecule has 0 aromatic heterocycles. The first kappa shape index (κ1) is 14.1. The molecule has 2 aromatic rings. The van der Waals surface area contributed by atoms with Crippen LogP contribution in [-0.4, -0.2) is 11.1 Å². The first-order valence-corrected chi connectivity index (χ1v) is 6.12. The van der Waals surface area contributed by atoms with Crippen LogP contribution in [0.3, 0.4) is 0 Å². The van der Waals surface area contributed by atoms with E-state index in [9.17, 15) is 9.18 Å². The molecule has 4 N–H and O–H groups in total. The van der Waals surface area contributed by atoms with Gasteiger partial charge in [0.05, 0.1) is 11.4 Å². The third kappa shape index (κ3) is 2.67. The van der Waals surface area contributed by atoms with Gasteiger partial charge in [-0.05, 0) is 36.8 Å². The number of aryl methyl sites for hydroxylation is 1. The minimum Gasteiger partial charge on any atom is -0.478 e. The van der Waals surface area contributed by atoms with Crippen LogP contribution in [0.4, 0.5) is 21.5 Å². The lowest BCUT2D eigenvalue weighted by Gasteiger charge is -2.12. The van der Waals surface area contributed by atoms with Crippen LogP contribution in [0, 0.1) is 12.7 Å². The van der Waals surface area contributed by atoms with Gasteiger partial charge in [-0.2, -0.15) is 0 Å². The van der Waals surface area contributed by atoms with Crippen molar-refractivity contribution in [3.8, 4) is 0 Å². The number of hydrogen-bond acceptors (Lipinski definition) is 3. The highest BCUT2D eigenvalue weighted by atomic mass is 35.5. The highest BCUT2D eigenvalue weighted by Crippen LogP contribution is 2.29. The normalized spacial score (nSPS) is 10.3. The summed E-state index contributed by atoms with van der Waals surface area (Å²) < 4.78 is 13.3. The van der Waals surface area contributed by atoms with E-state index in [1.165, 1.54) is 6.07 Å². The molecular formula is C14H12ClFN2O2. The molecule has 0 bridgehead atoms. The van der Waals surface area contributed by atoms with Gasteiger partial charge in [0.1, 0.15) is 11.4 Å². The number of nitrogen functional groups attached to an aromatic ring is 1. The van der Waals surface area contributed by atoms with Crippen LogP contribution >= 0.6 is 11.6 Å². The largest absolute Gasteiger partial charge is 0.478 e. The molecule has 4 nitrogen and oxygen atoms in total. The van der Waals surface area contributed by atoms with Crippen molar-refractivity contribution in [1.82, 2.24) is 0 Å². The summed E-state index contributed by atoms with van der Waals surface area (Å²) in [7, 11) is 0. The maximum Gasteiger partial charge on any atom is 0.340 e. The van der Waals surface area contributed by atoms with Crippen LogP contribution in [-0.2, 0) is 0 Å². The van der Waals surface area contributed by atoms with Crippen LogP contribution in [0.1, 0.15) is 15.9 Å². The van der Waals surface area contributed by atoms with E-state index in [1.54, 1.807) is 18.2 Å². The van der Waals surface area contributed by atoms with Gasteiger partial charge in [-0.25, -0.2) is 9.18 Å². The van der Waals surface area contributed by atoms with Gasteiger partial charge in [0.15, 0.2) is 0 Å². The van der Waals surface area contributed by atoms with E-state index >= 15 is 0 Å². The first-order valence-electron chi connectivity index (χ1n) is 5.74. The maximum atomic E-state index is 13.3. The number of carboxylic acid groups (broad SMARTS) is 1. The van der Waals surface area contributed by atoms with Crippen molar-refractivity contribution in [3.05, 3.63) is 52.3 Å². The van der Waals surface area contributed by atoms with Crippen LogP contribution in [0.25, 0.3) is 0 Å². The summed E-state index contributed by atoms with van der Waals surface area (Å²) in [5, 5.41) is 12.6. The lowest BCUT2D eigenvalue weighted by Crippen LogP contribution is -2.08. The monoisotopic (exact) mass is 294 g/mol. The summed E-state index contributed by atoms with van der Waals surface area (Å²) in [6.07, 6.45) is 0. The average Bonchev–Trinajstić information content (AvgIpc) is 2.38. The van der Waals surface area contributed by atoms with Crippen LogP contribution in [0.15, 0.2) is 30.3 Å². The average molecular weight is 295 g/mol. The molecule has 6 heteroatoms. The van der Waals surface area contributed by atoms with Gasteiger partial charge in [-0.15, -0.1) is 0 Å². The molecule has 0 aliphatic heterocycles. The van der Waals surface area contributed by atoms with E-state index in [2.05, 4.69) is 5.32 Å². The number of nitrogens with two attached hydrogens (primary N) is 1. The molecule has 104 valence electrons. The van der Waals surface area contributed by atoms with E-state index in [0.717, 1.165) is 11.6 Å². The molecule has 20 heavy (non-hydrogen) atoms. The second-order valence-corrected chi connectivity index (χ2v) is 4.68. The molecule has 0 heterocycles. The fraction of sp³-hybridized carbons (Fsp3) is 0.0714. The predicted octanol–water partition coefficient (Wildman–Crippen LogP) is 3.81. The van der Waals surface area contributed by atoms with Crippen LogP contribution < -0.4 is 11.1 Å². The number of halogens is 2. The second kappa shape index (κ2) is 5.38. The lowest BCUT2D eigenvalue weighted by molar-refractivity contribution is 0.0698. The Balaban J connectivity index is 2.45. The first-order chi connectivity index (χ1) is 9.40. The van der Waals surface area contributed by atoms with Gasteiger partial charge in [-0.1, -0.05) is 17.7 Å². The molecule has 0 saturated heterocycles. The number of rotatable bonds is 3. The Morgan fingerprint density at radius 3 is 2.65 bits per heavy atom. The van der Waals surface area contributed by atoms with Crippen molar-refractivity contribution < 1.29 is 14.3 Å². The molecule has 2 aromatic carbocycles. The summed E-state index contributed by atoms with van der Waals surface area (Å²) in [5.74, 6) is -2.07. The summed E-state index contributed by atoms with van der Waals surface area (Å²) in [5.41, 5.74) is 6.46. The number of benzene rings is 2. The molecule has 0 fully saturated rings. The number of aromatic carboxylic acids is 1. The summed E-state index contributed by atoms with van der Waals surface area (Å²) in [4.78, 5) is 11.2. The van der Waals surface area contributed by atoms with Crippen LogP contribution in [0.2, 0.25) is 5.02 Å². The smallest absolute Gasteiger partial charge is 0.340 e. The third-order valence-electron chi connectivity index (χ3n) is 2.86.